The molecule has 0 spiro atoms. The molecule has 3 heteroatoms. The minimum absolute atomic E-state index is 0.893. The van der Waals surface area contributed by atoms with Gasteiger partial charge in [-0.2, -0.15) is 0 Å². The molecule has 0 radical (unpaired) electrons. The van der Waals surface area contributed by atoms with Gasteiger partial charge in [0.05, 0.1) is 12.5 Å². The van der Waals surface area contributed by atoms with Crippen molar-refractivity contribution < 1.29 is 4.42 Å². The number of aryl methyl sites for hydroxylation is 2. The summed E-state index contributed by atoms with van der Waals surface area (Å²) in [5, 5.41) is 1.11. The molecule has 0 saturated heterocycles. The molecule has 0 aliphatic carbocycles. The Kier molecular flexibility index (Phi) is 2.86. The zero-order valence-corrected chi connectivity index (χ0v) is 12.6. The summed E-state index contributed by atoms with van der Waals surface area (Å²) in [6, 6.07) is 10.7. The van der Waals surface area contributed by atoms with E-state index < -0.39 is 0 Å². The van der Waals surface area contributed by atoms with Crippen molar-refractivity contribution in [2.45, 2.75) is 13.8 Å². The van der Waals surface area contributed by atoms with Crippen LogP contribution in [0.4, 0.5) is 0 Å². The molecule has 0 aliphatic heterocycles. The number of nitrogens with one attached hydrogen (secondary N) is 1. The Bertz CT molecular complexity index is 929. The second kappa shape index (κ2) is 4.88. The van der Waals surface area contributed by atoms with Crippen molar-refractivity contribution >= 4 is 11.0 Å². The van der Waals surface area contributed by atoms with Crippen LogP contribution in [0.2, 0.25) is 0 Å². The zero-order chi connectivity index (χ0) is 15.1. The molecule has 3 aromatic heterocycles. The Morgan fingerprint density at radius 3 is 2.50 bits per heavy atom. The molecular weight excluding hydrogens is 272 g/mol. The van der Waals surface area contributed by atoms with E-state index in [1.165, 1.54) is 16.7 Å². The van der Waals surface area contributed by atoms with Crippen LogP contribution in [0, 0.1) is 13.8 Å². The molecule has 0 saturated carbocycles. The average molecular weight is 288 g/mol. The highest BCUT2D eigenvalue weighted by Gasteiger charge is 2.10. The lowest BCUT2D eigenvalue weighted by atomic mass is 10.0. The Balaban J connectivity index is 1.91. The predicted molar refractivity (Wildman–Crippen MR) is 88.7 cm³/mol. The molecule has 0 amide bonds. The van der Waals surface area contributed by atoms with E-state index in [0.29, 0.717) is 0 Å². The lowest BCUT2D eigenvalue weighted by Crippen LogP contribution is -1.85. The number of aromatic amines is 1. The second-order valence-corrected chi connectivity index (χ2v) is 5.71. The van der Waals surface area contributed by atoms with Crippen LogP contribution in [-0.2, 0) is 0 Å². The summed E-state index contributed by atoms with van der Waals surface area (Å²) in [6.07, 6.45) is 7.35. The highest BCUT2D eigenvalue weighted by atomic mass is 16.3. The van der Waals surface area contributed by atoms with Gasteiger partial charge in [0, 0.05) is 34.5 Å². The van der Waals surface area contributed by atoms with Crippen LogP contribution >= 0.6 is 0 Å². The summed E-state index contributed by atoms with van der Waals surface area (Å²) in [5.74, 6) is 0. The van der Waals surface area contributed by atoms with Gasteiger partial charge in [0.15, 0.2) is 0 Å². The first-order valence-electron chi connectivity index (χ1n) is 7.29. The number of hydrogen-bond donors (Lipinski definition) is 1. The Morgan fingerprint density at radius 2 is 1.77 bits per heavy atom. The van der Waals surface area contributed by atoms with Gasteiger partial charge >= 0.3 is 0 Å². The molecule has 3 heterocycles. The maximum absolute atomic E-state index is 5.20. The number of furan rings is 1. The molecule has 0 aliphatic rings. The SMILES string of the molecule is Cc1cc(C)cc(-c2cnc3[nH]cc(-c4ccoc4)c3c2)c1. The van der Waals surface area contributed by atoms with Gasteiger partial charge in [-0.25, -0.2) is 4.98 Å². The zero-order valence-electron chi connectivity index (χ0n) is 12.6. The molecule has 22 heavy (non-hydrogen) atoms. The number of rotatable bonds is 2. The molecule has 0 fully saturated rings. The first-order chi connectivity index (χ1) is 10.7. The predicted octanol–water partition coefficient (Wildman–Crippen LogP) is 5.11. The van der Waals surface area contributed by atoms with Crippen LogP contribution in [0.25, 0.3) is 33.3 Å². The maximum atomic E-state index is 5.20. The lowest BCUT2D eigenvalue weighted by molar-refractivity contribution is 0.568. The number of aromatic nitrogens is 2. The third kappa shape index (κ3) is 2.11. The summed E-state index contributed by atoms with van der Waals surface area (Å²) in [5.41, 5.74) is 7.92. The molecular formula is C19H16N2O. The largest absolute Gasteiger partial charge is 0.472 e. The maximum Gasteiger partial charge on any atom is 0.137 e. The number of benzene rings is 1. The number of fused-ring (bicyclic) bond motifs is 1. The Hall–Kier alpha value is -2.81. The van der Waals surface area contributed by atoms with E-state index in [-0.39, 0.29) is 0 Å². The monoisotopic (exact) mass is 288 g/mol. The number of pyridine rings is 1. The molecule has 1 aromatic carbocycles. The quantitative estimate of drug-likeness (QED) is 0.557. The van der Waals surface area contributed by atoms with Gasteiger partial charge in [-0.3, -0.25) is 0 Å². The van der Waals surface area contributed by atoms with Crippen molar-refractivity contribution in [3.05, 3.63) is 66.4 Å². The van der Waals surface area contributed by atoms with Crippen molar-refractivity contribution in [2.24, 2.45) is 0 Å². The summed E-state index contributed by atoms with van der Waals surface area (Å²) in [7, 11) is 0. The van der Waals surface area contributed by atoms with E-state index in [2.05, 4.69) is 48.1 Å². The van der Waals surface area contributed by atoms with Gasteiger partial charge in [-0.1, -0.05) is 29.3 Å². The molecule has 4 aromatic rings. The van der Waals surface area contributed by atoms with E-state index in [1.54, 1.807) is 12.5 Å². The van der Waals surface area contributed by atoms with Crippen molar-refractivity contribution in [3.63, 3.8) is 0 Å². The van der Waals surface area contributed by atoms with E-state index in [0.717, 1.165) is 27.7 Å². The van der Waals surface area contributed by atoms with Gasteiger partial charge in [-0.05, 0) is 31.5 Å². The summed E-state index contributed by atoms with van der Waals surface area (Å²) >= 11 is 0. The van der Waals surface area contributed by atoms with E-state index in [4.69, 9.17) is 4.42 Å². The first-order valence-corrected chi connectivity index (χ1v) is 7.29. The molecule has 0 atom stereocenters. The molecule has 0 bridgehead atoms. The van der Waals surface area contributed by atoms with Crippen molar-refractivity contribution in [3.8, 4) is 22.3 Å². The van der Waals surface area contributed by atoms with Gasteiger partial charge < -0.3 is 9.40 Å². The van der Waals surface area contributed by atoms with Crippen molar-refractivity contribution in [2.75, 3.05) is 0 Å². The normalized spacial score (nSPS) is 11.2. The first kappa shape index (κ1) is 12.9. The van der Waals surface area contributed by atoms with Crippen LogP contribution in [0.15, 0.2) is 59.7 Å². The van der Waals surface area contributed by atoms with Crippen molar-refractivity contribution in [1.82, 2.24) is 9.97 Å². The molecule has 1 N–H and O–H groups in total. The van der Waals surface area contributed by atoms with Gasteiger partial charge in [0.1, 0.15) is 5.65 Å². The highest BCUT2D eigenvalue weighted by Crippen LogP contribution is 2.31. The lowest BCUT2D eigenvalue weighted by Gasteiger charge is -2.06. The van der Waals surface area contributed by atoms with Gasteiger partial charge in [-0.15, -0.1) is 0 Å². The minimum atomic E-state index is 0.893. The summed E-state index contributed by atoms with van der Waals surface area (Å²) < 4.78 is 5.20. The fourth-order valence-corrected chi connectivity index (χ4v) is 2.96. The smallest absolute Gasteiger partial charge is 0.137 e. The fourth-order valence-electron chi connectivity index (χ4n) is 2.96. The minimum Gasteiger partial charge on any atom is -0.472 e. The van der Waals surface area contributed by atoms with Crippen LogP contribution < -0.4 is 0 Å². The number of hydrogen-bond acceptors (Lipinski definition) is 2. The summed E-state index contributed by atoms with van der Waals surface area (Å²) in [6.45, 7) is 4.24. The van der Waals surface area contributed by atoms with Crippen molar-refractivity contribution in [1.29, 1.82) is 0 Å². The number of H-pyrrole nitrogens is 1. The van der Waals surface area contributed by atoms with Gasteiger partial charge in [0.25, 0.3) is 0 Å². The fraction of sp³-hybridized carbons (Fsp3) is 0.105. The Labute approximate surface area is 128 Å². The van der Waals surface area contributed by atoms with Crippen LogP contribution in [0.1, 0.15) is 11.1 Å². The topological polar surface area (TPSA) is 41.8 Å². The Morgan fingerprint density at radius 1 is 0.955 bits per heavy atom. The standard InChI is InChI=1S/C19H16N2O/c1-12-5-13(2)7-15(6-12)16-8-17-18(14-3-4-22-11-14)10-21-19(17)20-9-16/h3-11H,1-2H3,(H,20,21). The average Bonchev–Trinajstić information content (AvgIpc) is 3.14. The van der Waals surface area contributed by atoms with E-state index >= 15 is 0 Å². The van der Waals surface area contributed by atoms with Crippen LogP contribution in [0.5, 0.6) is 0 Å². The second-order valence-electron chi connectivity index (χ2n) is 5.71. The number of nitrogens with zero attached hydrogens (tertiary/aromatic N) is 1. The third-order valence-electron chi connectivity index (χ3n) is 3.92. The molecule has 108 valence electrons. The van der Waals surface area contributed by atoms with E-state index in [9.17, 15) is 0 Å². The molecule has 0 unspecified atom stereocenters. The molecule has 4 rings (SSSR count). The third-order valence-corrected chi connectivity index (χ3v) is 3.92. The van der Waals surface area contributed by atoms with Gasteiger partial charge in [0.2, 0.25) is 0 Å². The van der Waals surface area contributed by atoms with Crippen LogP contribution in [0.3, 0.4) is 0 Å². The molecule has 3 nitrogen and oxygen atoms in total. The summed E-state index contributed by atoms with van der Waals surface area (Å²) in [4.78, 5) is 7.79. The van der Waals surface area contributed by atoms with E-state index in [1.807, 2.05) is 18.5 Å². The highest BCUT2D eigenvalue weighted by molar-refractivity contribution is 5.95. The van der Waals surface area contributed by atoms with Crippen LogP contribution in [-0.4, -0.2) is 9.97 Å².